The maximum Gasteiger partial charge on any atom is 0.150 e. The van der Waals surface area contributed by atoms with Gasteiger partial charge in [-0.1, -0.05) is 11.2 Å². The van der Waals surface area contributed by atoms with E-state index >= 15 is 0 Å². The van der Waals surface area contributed by atoms with Crippen LogP contribution in [0, 0.1) is 4.91 Å². The number of hydrogen-bond donors (Lipinski definition) is 3. The highest BCUT2D eigenvalue weighted by Crippen LogP contribution is 2.33. The van der Waals surface area contributed by atoms with Gasteiger partial charge < -0.3 is 20.6 Å². The zero-order valence-electron chi connectivity index (χ0n) is 13.5. The Hall–Kier alpha value is -2.74. The van der Waals surface area contributed by atoms with Crippen LogP contribution in [0.25, 0.3) is 21.9 Å². The van der Waals surface area contributed by atoms with Crippen LogP contribution in [-0.4, -0.2) is 32.3 Å². The van der Waals surface area contributed by atoms with E-state index in [9.17, 15) is 10.0 Å². The van der Waals surface area contributed by atoms with E-state index in [-0.39, 0.29) is 6.54 Å². The minimum absolute atomic E-state index is 0.0721. The summed E-state index contributed by atoms with van der Waals surface area (Å²) < 4.78 is 5.83. The summed E-state index contributed by atoms with van der Waals surface area (Å²) in [7, 11) is 0. The molecule has 126 valence electrons. The Morgan fingerprint density at radius 1 is 1.38 bits per heavy atom. The number of imidazole rings is 1. The third-order valence-corrected chi connectivity index (χ3v) is 3.68. The number of nitrogens with two attached hydrogens (primary N) is 1. The molecule has 24 heavy (non-hydrogen) atoms. The Kier molecular flexibility index (Phi) is 4.06. The van der Waals surface area contributed by atoms with Gasteiger partial charge in [0.1, 0.15) is 35.0 Å². The molecule has 2 aromatic heterocycles. The molecule has 3 aromatic rings. The van der Waals surface area contributed by atoms with Crippen molar-refractivity contribution in [3.8, 4) is 5.75 Å². The maximum atomic E-state index is 10.5. The number of ether oxygens (including phenoxy) is 1. The van der Waals surface area contributed by atoms with E-state index in [1.54, 1.807) is 13.8 Å². The van der Waals surface area contributed by atoms with Crippen LogP contribution in [0.5, 0.6) is 5.75 Å². The number of nitrogens with one attached hydrogen (secondary N) is 1. The summed E-state index contributed by atoms with van der Waals surface area (Å²) in [5.74, 6) is 1.33. The molecule has 0 aliphatic rings. The highest BCUT2D eigenvalue weighted by atomic mass is 16.5. The standard InChI is InChI=1S/C16H19N5O3/c1-16(2,22)6-7-24-10-5-3-4-9-12(10)13-14(15(17)19-9)21-11(20-13)8-18-23/h3-5,22H,6-8H2,1-2H3,(H2,17,19)(H,20,21). The number of H-pyrrole nitrogens is 1. The van der Waals surface area contributed by atoms with Crippen molar-refractivity contribution in [1.82, 2.24) is 15.0 Å². The number of aliphatic hydroxyl groups is 1. The molecule has 0 spiro atoms. The van der Waals surface area contributed by atoms with E-state index in [0.29, 0.717) is 52.4 Å². The van der Waals surface area contributed by atoms with Crippen LogP contribution in [0.3, 0.4) is 0 Å². The Bertz CT molecular complexity index is 898. The lowest BCUT2D eigenvalue weighted by atomic mass is 10.1. The zero-order valence-corrected chi connectivity index (χ0v) is 13.5. The molecule has 0 saturated heterocycles. The third kappa shape index (κ3) is 3.13. The predicted molar refractivity (Wildman–Crippen MR) is 91.7 cm³/mol. The van der Waals surface area contributed by atoms with Crippen LogP contribution in [0.4, 0.5) is 5.82 Å². The Morgan fingerprint density at radius 2 is 2.17 bits per heavy atom. The first-order chi connectivity index (χ1) is 11.4. The Morgan fingerprint density at radius 3 is 2.88 bits per heavy atom. The van der Waals surface area contributed by atoms with E-state index in [4.69, 9.17) is 10.5 Å². The fourth-order valence-corrected chi connectivity index (χ4v) is 2.49. The molecule has 2 heterocycles. The van der Waals surface area contributed by atoms with Crippen molar-refractivity contribution in [2.45, 2.75) is 32.4 Å². The van der Waals surface area contributed by atoms with E-state index in [1.165, 1.54) is 0 Å². The van der Waals surface area contributed by atoms with Crippen molar-refractivity contribution < 1.29 is 9.84 Å². The molecule has 0 saturated carbocycles. The van der Waals surface area contributed by atoms with E-state index in [0.717, 1.165) is 0 Å². The molecule has 0 atom stereocenters. The van der Waals surface area contributed by atoms with Crippen LogP contribution in [-0.2, 0) is 6.54 Å². The molecule has 0 aliphatic carbocycles. The molecular formula is C16H19N5O3. The fraction of sp³-hybridized carbons (Fsp3) is 0.375. The van der Waals surface area contributed by atoms with Crippen molar-refractivity contribution in [2.75, 3.05) is 12.3 Å². The minimum Gasteiger partial charge on any atom is -0.493 e. The first-order valence-electron chi connectivity index (χ1n) is 7.60. The van der Waals surface area contributed by atoms with Gasteiger partial charge in [0.15, 0.2) is 0 Å². The van der Waals surface area contributed by atoms with E-state index < -0.39 is 5.60 Å². The summed E-state index contributed by atoms with van der Waals surface area (Å²) in [4.78, 5) is 22.2. The maximum absolute atomic E-state index is 10.5. The third-order valence-electron chi connectivity index (χ3n) is 3.68. The van der Waals surface area contributed by atoms with Gasteiger partial charge in [0.25, 0.3) is 0 Å². The molecule has 0 unspecified atom stereocenters. The van der Waals surface area contributed by atoms with Gasteiger partial charge in [-0.3, -0.25) is 0 Å². The molecule has 0 radical (unpaired) electrons. The predicted octanol–water partition coefficient (Wildman–Crippen LogP) is 2.50. The fourth-order valence-electron chi connectivity index (χ4n) is 2.49. The quantitative estimate of drug-likeness (QED) is 0.596. The number of nitrogens with zero attached hydrogens (tertiary/aromatic N) is 3. The number of nitroso groups, excluding NO2 is 1. The van der Waals surface area contributed by atoms with E-state index in [2.05, 4.69) is 20.1 Å². The molecule has 4 N–H and O–H groups in total. The SMILES string of the molecule is CC(C)(O)CCOc1cccc2nc(N)c3[nH]c(CN=O)nc3c12. The molecule has 0 bridgehead atoms. The molecule has 0 amide bonds. The number of nitrogen functional groups attached to an aromatic ring is 1. The van der Waals surface area contributed by atoms with Gasteiger partial charge in [-0.05, 0) is 26.0 Å². The van der Waals surface area contributed by atoms with Gasteiger partial charge in [0.05, 0.1) is 23.1 Å². The molecule has 3 rings (SSSR count). The number of aromatic amines is 1. The van der Waals surface area contributed by atoms with Crippen LogP contribution >= 0.6 is 0 Å². The molecular weight excluding hydrogens is 310 g/mol. The topological polar surface area (TPSA) is 126 Å². The lowest BCUT2D eigenvalue weighted by Crippen LogP contribution is -2.21. The minimum atomic E-state index is -0.808. The summed E-state index contributed by atoms with van der Waals surface area (Å²) in [6.45, 7) is 3.73. The van der Waals surface area contributed by atoms with Gasteiger partial charge in [-0.15, -0.1) is 0 Å². The summed E-state index contributed by atoms with van der Waals surface area (Å²) in [5, 5.41) is 13.4. The zero-order chi connectivity index (χ0) is 17.3. The highest BCUT2D eigenvalue weighted by Gasteiger charge is 2.17. The molecule has 0 aliphatic heterocycles. The van der Waals surface area contributed by atoms with Crippen LogP contribution in [0.1, 0.15) is 26.1 Å². The number of hydrogen-bond acceptors (Lipinski definition) is 7. The van der Waals surface area contributed by atoms with Crippen molar-refractivity contribution >= 4 is 27.8 Å². The second-order valence-electron chi connectivity index (χ2n) is 6.25. The van der Waals surface area contributed by atoms with Gasteiger partial charge in [-0.25, -0.2) is 9.97 Å². The normalized spacial score (nSPS) is 12.0. The van der Waals surface area contributed by atoms with E-state index in [1.807, 2.05) is 18.2 Å². The number of aromatic nitrogens is 3. The highest BCUT2D eigenvalue weighted by molar-refractivity contribution is 6.09. The Labute approximate surface area is 138 Å². The van der Waals surface area contributed by atoms with Crippen LogP contribution in [0.15, 0.2) is 23.4 Å². The van der Waals surface area contributed by atoms with Crippen molar-refractivity contribution in [2.24, 2.45) is 5.18 Å². The van der Waals surface area contributed by atoms with Crippen LogP contribution in [0.2, 0.25) is 0 Å². The lowest BCUT2D eigenvalue weighted by Gasteiger charge is -2.17. The summed E-state index contributed by atoms with van der Waals surface area (Å²) in [6, 6.07) is 5.46. The average Bonchev–Trinajstić information content (AvgIpc) is 2.91. The number of fused-ring (bicyclic) bond motifs is 3. The number of benzene rings is 1. The second-order valence-corrected chi connectivity index (χ2v) is 6.25. The second kappa shape index (κ2) is 6.04. The summed E-state index contributed by atoms with van der Waals surface area (Å²) in [5.41, 5.74) is 6.96. The number of pyridine rings is 1. The lowest BCUT2D eigenvalue weighted by molar-refractivity contribution is 0.0556. The average molecular weight is 329 g/mol. The smallest absolute Gasteiger partial charge is 0.150 e. The van der Waals surface area contributed by atoms with Crippen molar-refractivity contribution in [1.29, 1.82) is 0 Å². The van der Waals surface area contributed by atoms with Crippen molar-refractivity contribution in [3.63, 3.8) is 0 Å². The Balaban J connectivity index is 2.09. The summed E-state index contributed by atoms with van der Waals surface area (Å²) >= 11 is 0. The molecule has 8 nitrogen and oxygen atoms in total. The van der Waals surface area contributed by atoms with Gasteiger partial charge in [0.2, 0.25) is 0 Å². The number of rotatable bonds is 6. The number of anilines is 1. The summed E-state index contributed by atoms with van der Waals surface area (Å²) in [6.07, 6.45) is 0.482. The van der Waals surface area contributed by atoms with Crippen LogP contribution < -0.4 is 10.5 Å². The first kappa shape index (κ1) is 16.1. The first-order valence-corrected chi connectivity index (χ1v) is 7.60. The molecule has 1 aromatic carbocycles. The monoisotopic (exact) mass is 329 g/mol. The van der Waals surface area contributed by atoms with Gasteiger partial charge in [-0.2, -0.15) is 4.91 Å². The molecule has 8 heteroatoms. The van der Waals surface area contributed by atoms with Crippen molar-refractivity contribution in [3.05, 3.63) is 28.9 Å². The largest absolute Gasteiger partial charge is 0.493 e. The van der Waals surface area contributed by atoms with Gasteiger partial charge >= 0.3 is 0 Å². The van der Waals surface area contributed by atoms with Gasteiger partial charge in [0, 0.05) is 6.42 Å². The molecule has 0 fully saturated rings.